The molecule has 2 aliphatic rings. The van der Waals surface area contributed by atoms with Crippen LogP contribution >= 0.6 is 11.8 Å². The first-order chi connectivity index (χ1) is 17.9. The van der Waals surface area contributed by atoms with E-state index in [0.717, 1.165) is 16.7 Å². The van der Waals surface area contributed by atoms with Crippen molar-refractivity contribution in [3.05, 3.63) is 81.9 Å². The summed E-state index contributed by atoms with van der Waals surface area (Å²) in [5, 5.41) is 10.2. The predicted octanol–water partition coefficient (Wildman–Crippen LogP) is 3.45. The highest BCUT2D eigenvalue weighted by Gasteiger charge is 2.56. The number of rotatable bonds is 9. The van der Waals surface area contributed by atoms with Crippen LogP contribution in [-0.4, -0.2) is 58.9 Å². The Bertz CT molecular complexity index is 1430. The molecule has 3 aromatic rings. The molecule has 9 nitrogen and oxygen atoms in total. The van der Waals surface area contributed by atoms with Crippen molar-refractivity contribution in [2.24, 2.45) is 0 Å². The van der Waals surface area contributed by atoms with Crippen LogP contribution in [0, 0.1) is 0 Å². The average molecular weight is 524 g/mol. The molecule has 192 valence electrons. The molecule has 0 radical (unpaired) electrons. The molecule has 3 heterocycles. The number of carbonyl (C=O) groups is 2. The number of fused-ring (bicyclic) bond motifs is 2. The third-order valence-corrected chi connectivity index (χ3v) is 7.87. The highest BCUT2D eigenvalue weighted by molar-refractivity contribution is 8.00. The summed E-state index contributed by atoms with van der Waals surface area (Å²) in [6.07, 6.45) is -0.165. The summed E-state index contributed by atoms with van der Waals surface area (Å²) in [5.74, 6) is -0.432. The zero-order chi connectivity index (χ0) is 26.1. The Balaban J connectivity index is 1.48. The number of β-lactam (4-membered cyclic amide) rings is 1. The molecule has 1 N–H and O–H groups in total. The van der Waals surface area contributed by atoms with Gasteiger partial charge >= 0.3 is 11.6 Å². The number of benzene rings is 2. The topological polar surface area (TPSA) is 116 Å². The van der Waals surface area contributed by atoms with E-state index in [-0.39, 0.29) is 23.5 Å². The Hall–Kier alpha value is -3.76. The highest BCUT2D eigenvalue weighted by Crippen LogP contribution is 2.46. The first-order valence-electron chi connectivity index (χ1n) is 11.8. The number of carboxylic acid groups (broad SMARTS) is 1. The standard InChI is InChI=1S/C27H25NO8S/c1-3-34-24-25(30)28-23(27(31)32)19(14-35-18-10-6-16-7-11-22(29)36-20(16)13-18)21(37-26(24)28)12-15-4-8-17(33-2)9-5-15/h4-11,13,21,24,26H,3,12,14H2,1-2H3,(H,31,32)/t21?,24-,26+/m0/s1. The maximum atomic E-state index is 12.8. The molecule has 1 aromatic heterocycles. The van der Waals surface area contributed by atoms with Crippen LogP contribution in [0.3, 0.4) is 0 Å². The van der Waals surface area contributed by atoms with Crippen LogP contribution in [0.15, 0.2) is 75.1 Å². The smallest absolute Gasteiger partial charge is 0.352 e. The van der Waals surface area contributed by atoms with Gasteiger partial charge in [0.05, 0.1) is 7.11 Å². The van der Waals surface area contributed by atoms with Crippen molar-refractivity contribution in [2.75, 3.05) is 20.3 Å². The van der Waals surface area contributed by atoms with E-state index in [0.29, 0.717) is 29.9 Å². The fourth-order valence-corrected chi connectivity index (χ4v) is 6.18. The summed E-state index contributed by atoms with van der Waals surface area (Å²) in [6.45, 7) is 2.09. The van der Waals surface area contributed by atoms with Crippen LogP contribution in [0.4, 0.5) is 0 Å². The number of carbonyl (C=O) groups excluding carboxylic acids is 1. The van der Waals surface area contributed by atoms with Crippen LogP contribution in [0.1, 0.15) is 12.5 Å². The third-order valence-electron chi connectivity index (χ3n) is 6.35. The molecule has 0 aliphatic carbocycles. The highest BCUT2D eigenvalue weighted by atomic mass is 32.2. The lowest BCUT2D eigenvalue weighted by molar-refractivity contribution is -0.164. The van der Waals surface area contributed by atoms with Crippen molar-refractivity contribution >= 4 is 34.6 Å². The van der Waals surface area contributed by atoms with E-state index >= 15 is 0 Å². The van der Waals surface area contributed by atoms with Crippen molar-refractivity contribution in [2.45, 2.75) is 30.1 Å². The van der Waals surface area contributed by atoms with Crippen molar-refractivity contribution in [3.8, 4) is 11.5 Å². The fraction of sp³-hybridized carbons (Fsp3) is 0.296. The monoisotopic (exact) mass is 523 g/mol. The SMILES string of the molecule is CCO[C@H]1C(=O)N2C(C(=O)O)=C(COc3ccc4ccc(=O)oc4c3)C(Cc3ccc(OC)cc3)S[C@H]12. The Morgan fingerprint density at radius 1 is 1.08 bits per heavy atom. The Kier molecular flexibility index (Phi) is 6.94. The van der Waals surface area contributed by atoms with Gasteiger partial charge in [-0.05, 0) is 49.2 Å². The van der Waals surface area contributed by atoms with Crippen LogP contribution < -0.4 is 15.1 Å². The van der Waals surface area contributed by atoms with E-state index in [1.54, 1.807) is 38.3 Å². The minimum Gasteiger partial charge on any atom is -0.497 e. The van der Waals surface area contributed by atoms with E-state index < -0.39 is 23.1 Å². The van der Waals surface area contributed by atoms with Gasteiger partial charge < -0.3 is 23.7 Å². The van der Waals surface area contributed by atoms with Gasteiger partial charge in [-0.15, -0.1) is 11.8 Å². The molecule has 1 fully saturated rings. The van der Waals surface area contributed by atoms with Crippen molar-refractivity contribution in [1.29, 1.82) is 0 Å². The first kappa shape index (κ1) is 24.9. The van der Waals surface area contributed by atoms with E-state index in [2.05, 4.69) is 0 Å². The molecule has 0 saturated carbocycles. The molecule has 1 amide bonds. The van der Waals surface area contributed by atoms with E-state index in [1.807, 2.05) is 24.3 Å². The van der Waals surface area contributed by atoms with Crippen LogP contribution in [0.5, 0.6) is 11.5 Å². The quantitative estimate of drug-likeness (QED) is 0.333. The molecule has 10 heteroatoms. The number of ether oxygens (including phenoxy) is 3. The van der Waals surface area contributed by atoms with Gasteiger partial charge in [-0.1, -0.05) is 12.1 Å². The molecule has 37 heavy (non-hydrogen) atoms. The van der Waals surface area contributed by atoms with Crippen LogP contribution in [0.25, 0.3) is 11.0 Å². The van der Waals surface area contributed by atoms with Gasteiger partial charge in [-0.25, -0.2) is 9.59 Å². The zero-order valence-electron chi connectivity index (χ0n) is 20.2. The second-order valence-corrected chi connectivity index (χ2v) is 9.90. The number of nitrogens with zero attached hydrogens (tertiary/aromatic N) is 1. The summed E-state index contributed by atoms with van der Waals surface area (Å²) < 4.78 is 22.1. The summed E-state index contributed by atoms with van der Waals surface area (Å²) in [4.78, 5) is 38.2. The van der Waals surface area contributed by atoms with Crippen molar-refractivity contribution in [3.63, 3.8) is 0 Å². The average Bonchev–Trinajstić information content (AvgIpc) is 2.90. The van der Waals surface area contributed by atoms with Gasteiger partial charge in [0.2, 0.25) is 0 Å². The third kappa shape index (κ3) is 4.82. The predicted molar refractivity (Wildman–Crippen MR) is 137 cm³/mol. The number of carboxylic acids is 1. The molecule has 1 unspecified atom stereocenters. The van der Waals surface area contributed by atoms with Gasteiger partial charge in [0, 0.05) is 34.9 Å². The number of aliphatic carboxylic acids is 1. The maximum Gasteiger partial charge on any atom is 0.352 e. The lowest BCUT2D eigenvalue weighted by Crippen LogP contribution is -2.66. The molecule has 1 saturated heterocycles. The Morgan fingerprint density at radius 3 is 2.51 bits per heavy atom. The van der Waals surface area contributed by atoms with E-state index in [4.69, 9.17) is 18.6 Å². The van der Waals surface area contributed by atoms with Crippen LogP contribution in [-0.2, 0) is 20.7 Å². The lowest BCUT2D eigenvalue weighted by Gasteiger charge is -2.51. The van der Waals surface area contributed by atoms with E-state index in [1.165, 1.54) is 22.7 Å². The molecule has 0 bridgehead atoms. The summed E-state index contributed by atoms with van der Waals surface area (Å²) in [7, 11) is 1.59. The van der Waals surface area contributed by atoms with Gasteiger partial charge in [0.15, 0.2) is 6.10 Å². The first-order valence-corrected chi connectivity index (χ1v) is 12.7. The molecule has 5 rings (SSSR count). The molecular formula is C27H25NO8S. The summed E-state index contributed by atoms with van der Waals surface area (Å²) in [5.41, 5.74) is 1.29. The molecule has 3 atom stereocenters. The van der Waals surface area contributed by atoms with E-state index in [9.17, 15) is 19.5 Å². The van der Waals surface area contributed by atoms with Gasteiger partial charge in [-0.2, -0.15) is 0 Å². The second-order valence-electron chi connectivity index (χ2n) is 8.57. The number of methoxy groups -OCH3 is 1. The van der Waals surface area contributed by atoms with Crippen LogP contribution in [0.2, 0.25) is 0 Å². The number of thioether (sulfide) groups is 1. The van der Waals surface area contributed by atoms with Gasteiger partial charge in [0.1, 0.15) is 34.8 Å². The fourth-order valence-electron chi connectivity index (χ4n) is 4.54. The van der Waals surface area contributed by atoms with Crippen molar-refractivity contribution in [1.82, 2.24) is 4.90 Å². The second kappa shape index (κ2) is 10.3. The summed E-state index contributed by atoms with van der Waals surface area (Å²) >= 11 is 1.49. The minimum absolute atomic E-state index is 0.0617. The van der Waals surface area contributed by atoms with Crippen molar-refractivity contribution < 1.29 is 33.3 Å². The zero-order valence-corrected chi connectivity index (χ0v) is 21.0. The Morgan fingerprint density at radius 2 is 1.81 bits per heavy atom. The number of hydrogen-bond acceptors (Lipinski definition) is 8. The number of amides is 1. The summed E-state index contributed by atoms with van der Waals surface area (Å²) in [6, 6.07) is 15.6. The largest absolute Gasteiger partial charge is 0.497 e. The van der Waals surface area contributed by atoms with Gasteiger partial charge in [0.25, 0.3) is 5.91 Å². The Labute approximate surface area is 216 Å². The van der Waals surface area contributed by atoms with Gasteiger partial charge in [-0.3, -0.25) is 9.69 Å². The molecule has 2 aliphatic heterocycles. The lowest BCUT2D eigenvalue weighted by atomic mass is 9.98. The minimum atomic E-state index is -1.20. The maximum absolute atomic E-state index is 12.8. The molecule has 0 spiro atoms. The normalized spacial score (nSPS) is 21.0. The number of hydrogen-bond donors (Lipinski definition) is 1. The molecule has 2 aromatic carbocycles. The molecular weight excluding hydrogens is 498 g/mol.